The lowest BCUT2D eigenvalue weighted by Crippen LogP contribution is -2.28. The van der Waals surface area contributed by atoms with Gasteiger partial charge in [0.05, 0.1) is 17.9 Å². The number of nitrogens with zero attached hydrogens (tertiary/aromatic N) is 7. The van der Waals surface area contributed by atoms with E-state index in [1.54, 1.807) is 32.6 Å². The summed E-state index contributed by atoms with van der Waals surface area (Å²) in [5.41, 5.74) is -0.224. The monoisotopic (exact) mass is 381 g/mol. The van der Waals surface area contributed by atoms with Gasteiger partial charge in [-0.25, -0.2) is 14.8 Å². The molecule has 2 aromatic heterocycles. The highest BCUT2D eigenvalue weighted by molar-refractivity contribution is 5.93. The molecule has 1 unspecified atom stereocenters. The van der Waals surface area contributed by atoms with E-state index in [9.17, 15) is 18.0 Å². The topological polar surface area (TPSA) is 70.4 Å². The van der Waals surface area contributed by atoms with Crippen LogP contribution in [0.5, 0.6) is 0 Å². The number of likely N-dealkylation sites (N-methyl/N-ethyl adjacent to an activating group) is 1. The molecular weight excluding hydrogens is 363 g/mol. The molecule has 4 rings (SSSR count). The number of carbonyl (C=O) groups excluding carboxylic acids is 1. The van der Waals surface area contributed by atoms with Crippen LogP contribution in [0, 0.1) is 0 Å². The Balaban J connectivity index is 1.47. The highest BCUT2D eigenvalue weighted by Crippen LogP contribution is 2.31. The maximum Gasteiger partial charge on any atom is 0.433 e. The molecule has 144 valence electrons. The van der Waals surface area contributed by atoms with Crippen LogP contribution in [-0.4, -0.2) is 63.9 Å². The molecule has 0 bridgehead atoms. The van der Waals surface area contributed by atoms with Gasteiger partial charge in [-0.1, -0.05) is 0 Å². The van der Waals surface area contributed by atoms with Crippen LogP contribution in [0.4, 0.5) is 29.5 Å². The maximum atomic E-state index is 12.8. The lowest BCUT2D eigenvalue weighted by molar-refractivity contribution is -0.141. The van der Waals surface area contributed by atoms with Gasteiger partial charge >= 0.3 is 12.2 Å². The molecule has 0 N–H and O–H groups in total. The third-order valence-corrected chi connectivity index (χ3v) is 4.92. The fourth-order valence-electron chi connectivity index (χ4n) is 3.39. The summed E-state index contributed by atoms with van der Waals surface area (Å²) < 4.78 is 40.3. The lowest BCUT2D eigenvalue weighted by atomic mass is 10.3. The normalized spacial score (nSPS) is 20.8. The summed E-state index contributed by atoms with van der Waals surface area (Å²) in [5.74, 6) is 0.253. The molecular formula is C16H18F3N7O. The van der Waals surface area contributed by atoms with Gasteiger partial charge in [-0.2, -0.15) is 18.3 Å². The number of alkyl halides is 3. The second-order valence-corrected chi connectivity index (χ2v) is 6.68. The number of amides is 2. The second-order valence-electron chi connectivity index (χ2n) is 6.68. The van der Waals surface area contributed by atoms with Crippen LogP contribution in [0.1, 0.15) is 18.2 Å². The van der Waals surface area contributed by atoms with E-state index in [4.69, 9.17) is 0 Å². The fourth-order valence-corrected chi connectivity index (χ4v) is 3.39. The van der Waals surface area contributed by atoms with Gasteiger partial charge in [-0.05, 0) is 6.42 Å². The van der Waals surface area contributed by atoms with Crippen molar-refractivity contribution in [3.05, 3.63) is 30.5 Å². The zero-order valence-electron chi connectivity index (χ0n) is 14.6. The predicted molar refractivity (Wildman–Crippen MR) is 90.5 cm³/mol. The molecule has 4 heterocycles. The van der Waals surface area contributed by atoms with Crippen molar-refractivity contribution >= 4 is 17.5 Å². The first kappa shape index (κ1) is 17.6. The van der Waals surface area contributed by atoms with Gasteiger partial charge in [0.1, 0.15) is 17.8 Å². The van der Waals surface area contributed by atoms with Gasteiger partial charge in [0, 0.05) is 45.5 Å². The molecule has 0 spiro atoms. The molecule has 11 heteroatoms. The van der Waals surface area contributed by atoms with Gasteiger partial charge in [-0.3, -0.25) is 9.58 Å². The minimum Gasteiger partial charge on any atom is -0.354 e. The van der Waals surface area contributed by atoms with Crippen molar-refractivity contribution < 1.29 is 18.0 Å². The number of rotatable bonds is 3. The van der Waals surface area contributed by atoms with E-state index < -0.39 is 11.9 Å². The average Bonchev–Trinajstić information content (AvgIpc) is 3.35. The van der Waals surface area contributed by atoms with E-state index >= 15 is 0 Å². The predicted octanol–water partition coefficient (Wildman–Crippen LogP) is 2.02. The first-order valence-electron chi connectivity index (χ1n) is 8.54. The fraction of sp³-hybridized carbons (Fsp3) is 0.500. The average molecular weight is 381 g/mol. The summed E-state index contributed by atoms with van der Waals surface area (Å²) in [6, 6.07) is 0.900. The molecule has 2 fully saturated rings. The van der Waals surface area contributed by atoms with Crippen LogP contribution in [0.25, 0.3) is 0 Å². The van der Waals surface area contributed by atoms with E-state index in [2.05, 4.69) is 15.1 Å². The van der Waals surface area contributed by atoms with Crippen LogP contribution in [0.3, 0.4) is 0 Å². The largest absolute Gasteiger partial charge is 0.433 e. The Labute approximate surface area is 153 Å². The Morgan fingerprint density at radius 2 is 2.00 bits per heavy atom. The smallest absolute Gasteiger partial charge is 0.354 e. The number of urea groups is 1. The van der Waals surface area contributed by atoms with E-state index in [0.717, 1.165) is 24.5 Å². The Morgan fingerprint density at radius 3 is 2.70 bits per heavy atom. The van der Waals surface area contributed by atoms with Gasteiger partial charge in [0.15, 0.2) is 0 Å². The molecule has 2 aromatic rings. The van der Waals surface area contributed by atoms with Gasteiger partial charge in [-0.15, -0.1) is 0 Å². The molecule has 2 aliphatic heterocycles. The summed E-state index contributed by atoms with van der Waals surface area (Å²) in [4.78, 5) is 24.5. The second kappa shape index (κ2) is 6.39. The third-order valence-electron chi connectivity index (χ3n) is 4.92. The van der Waals surface area contributed by atoms with Crippen LogP contribution in [0.2, 0.25) is 0 Å². The van der Waals surface area contributed by atoms with E-state index in [0.29, 0.717) is 26.2 Å². The first-order chi connectivity index (χ1) is 12.8. The number of anilines is 2. The van der Waals surface area contributed by atoms with Crippen molar-refractivity contribution in [3.8, 4) is 0 Å². The lowest BCUT2D eigenvalue weighted by Gasteiger charge is -2.18. The number of hydrogen-bond acceptors (Lipinski definition) is 5. The quantitative estimate of drug-likeness (QED) is 0.814. The summed E-state index contributed by atoms with van der Waals surface area (Å²) in [7, 11) is 1.75. The van der Waals surface area contributed by atoms with Gasteiger partial charge in [0.2, 0.25) is 0 Å². The van der Waals surface area contributed by atoms with Crippen molar-refractivity contribution in [2.75, 3.05) is 43.0 Å². The van der Waals surface area contributed by atoms with Crippen LogP contribution < -0.4 is 9.80 Å². The number of aromatic nitrogens is 4. The Kier molecular flexibility index (Phi) is 4.16. The minimum absolute atomic E-state index is 0.00140. The number of carbonyl (C=O) groups is 1. The molecule has 1 atom stereocenters. The summed E-state index contributed by atoms with van der Waals surface area (Å²) >= 11 is 0. The first-order valence-corrected chi connectivity index (χ1v) is 8.54. The van der Waals surface area contributed by atoms with Gasteiger partial charge in [0.25, 0.3) is 0 Å². The Hall–Kier alpha value is -2.85. The zero-order valence-corrected chi connectivity index (χ0v) is 14.6. The molecule has 0 aromatic carbocycles. The molecule has 2 aliphatic rings. The molecule has 0 aliphatic carbocycles. The molecule has 27 heavy (non-hydrogen) atoms. The van der Waals surface area contributed by atoms with Gasteiger partial charge < -0.3 is 9.80 Å². The Bertz CT molecular complexity index is 853. The van der Waals surface area contributed by atoms with Crippen molar-refractivity contribution in [3.63, 3.8) is 0 Å². The molecule has 2 amide bonds. The summed E-state index contributed by atoms with van der Waals surface area (Å²) in [6.45, 7) is 2.33. The van der Waals surface area contributed by atoms with Crippen molar-refractivity contribution in [1.82, 2.24) is 24.6 Å². The summed E-state index contributed by atoms with van der Waals surface area (Å²) in [5, 5.41) is 4.35. The maximum absolute atomic E-state index is 12.8. The summed E-state index contributed by atoms with van der Waals surface area (Å²) in [6.07, 6.45) is 0.620. The molecule has 0 radical (unpaired) electrons. The number of hydrogen-bond donors (Lipinski definition) is 0. The van der Waals surface area contributed by atoms with Crippen molar-refractivity contribution in [1.29, 1.82) is 0 Å². The zero-order chi connectivity index (χ0) is 19.2. The Morgan fingerprint density at radius 1 is 1.19 bits per heavy atom. The van der Waals surface area contributed by atoms with E-state index in [-0.39, 0.29) is 17.9 Å². The van der Waals surface area contributed by atoms with E-state index in [1.165, 1.54) is 0 Å². The van der Waals surface area contributed by atoms with Crippen LogP contribution >= 0.6 is 0 Å². The molecule has 2 saturated heterocycles. The molecule has 0 saturated carbocycles. The highest BCUT2D eigenvalue weighted by atomic mass is 19.4. The van der Waals surface area contributed by atoms with Crippen molar-refractivity contribution in [2.24, 2.45) is 0 Å². The SMILES string of the molecule is CN1CCN(c2cnn(C3CCN(c4cc(C(F)(F)F)ncn4)C3)c2)C1=O. The third kappa shape index (κ3) is 3.28. The highest BCUT2D eigenvalue weighted by Gasteiger charge is 2.34. The van der Waals surface area contributed by atoms with E-state index in [1.807, 2.05) is 6.20 Å². The molecule has 8 nitrogen and oxygen atoms in total. The van der Waals surface area contributed by atoms with Crippen molar-refractivity contribution in [2.45, 2.75) is 18.6 Å². The number of halogens is 3. The van der Waals surface area contributed by atoms with Crippen LogP contribution in [-0.2, 0) is 6.18 Å². The van der Waals surface area contributed by atoms with Crippen LogP contribution in [0.15, 0.2) is 24.8 Å². The standard InChI is InChI=1S/C16H18F3N7O/c1-23-4-5-25(15(23)27)12-7-22-26(9-12)11-2-3-24(8-11)14-6-13(16(17,18)19)20-10-21-14/h6-7,9-11H,2-5,8H2,1H3. The minimum atomic E-state index is -4.50.